The van der Waals surface area contributed by atoms with Crippen LogP contribution >= 0.6 is 0 Å². The maximum absolute atomic E-state index is 10.0. The average molecular weight is 348 g/mol. The average Bonchev–Trinajstić information content (AvgIpc) is 2.63. The van der Waals surface area contributed by atoms with E-state index in [0.717, 1.165) is 50.2 Å². The summed E-state index contributed by atoms with van der Waals surface area (Å²) in [5.74, 6) is 1.91. The summed E-state index contributed by atoms with van der Waals surface area (Å²) in [5, 5.41) is 10.0. The lowest BCUT2D eigenvalue weighted by Gasteiger charge is -2.42. The van der Waals surface area contributed by atoms with E-state index >= 15 is 0 Å². The van der Waals surface area contributed by atoms with Crippen LogP contribution in [0.15, 0.2) is 12.1 Å². The van der Waals surface area contributed by atoms with E-state index in [0.29, 0.717) is 11.5 Å². The van der Waals surface area contributed by atoms with Gasteiger partial charge >= 0.3 is 0 Å². The molecule has 1 heterocycles. The third-order valence-electron chi connectivity index (χ3n) is 5.78. The van der Waals surface area contributed by atoms with Crippen LogP contribution < -0.4 is 9.47 Å². The molecule has 2 aliphatic rings. The van der Waals surface area contributed by atoms with Crippen molar-refractivity contribution in [1.29, 1.82) is 0 Å². The van der Waals surface area contributed by atoms with Crippen molar-refractivity contribution in [2.45, 2.75) is 45.2 Å². The zero-order valence-electron chi connectivity index (χ0n) is 15.8. The fourth-order valence-corrected chi connectivity index (χ4v) is 4.32. The number of hydrogen-bond acceptors (Lipinski definition) is 5. The fourth-order valence-electron chi connectivity index (χ4n) is 4.32. The molecule has 1 aliphatic heterocycles. The summed E-state index contributed by atoms with van der Waals surface area (Å²) in [6.45, 7) is 7.76. The third kappa shape index (κ3) is 4.39. The summed E-state index contributed by atoms with van der Waals surface area (Å²) in [5.41, 5.74) is 1.12. The van der Waals surface area contributed by atoms with Crippen LogP contribution in [0.5, 0.6) is 17.2 Å². The Morgan fingerprint density at radius 2 is 1.68 bits per heavy atom. The number of piperazine rings is 1. The molecule has 2 fully saturated rings. The molecule has 3 rings (SSSR count). The molecule has 0 unspecified atom stereocenters. The number of phenolic OH excluding ortho intramolecular Hbond substituents is 1. The fraction of sp³-hybridized carbons (Fsp3) is 0.700. The van der Waals surface area contributed by atoms with Gasteiger partial charge in [-0.15, -0.1) is 0 Å². The molecule has 5 heteroatoms. The zero-order chi connectivity index (χ0) is 17.8. The predicted octanol–water partition coefficient (Wildman–Crippen LogP) is 3.11. The SMILES string of the molecule is COc1cc(CN2CCN([C@H]3CCC[C@H](C)C3)CC2)cc(OC)c1O. The zero-order valence-corrected chi connectivity index (χ0v) is 15.8. The number of aromatic hydroxyl groups is 1. The molecule has 0 amide bonds. The van der Waals surface area contributed by atoms with Crippen molar-refractivity contribution in [2.75, 3.05) is 40.4 Å². The summed E-state index contributed by atoms with van der Waals surface area (Å²) < 4.78 is 10.5. The second kappa shape index (κ2) is 8.28. The van der Waals surface area contributed by atoms with Gasteiger partial charge in [0.05, 0.1) is 14.2 Å². The number of methoxy groups -OCH3 is 2. The van der Waals surface area contributed by atoms with Crippen molar-refractivity contribution in [3.8, 4) is 17.2 Å². The minimum absolute atomic E-state index is 0.0741. The molecule has 0 bridgehead atoms. The van der Waals surface area contributed by atoms with E-state index < -0.39 is 0 Å². The van der Waals surface area contributed by atoms with Gasteiger partial charge in [-0.3, -0.25) is 9.80 Å². The maximum atomic E-state index is 10.0. The Balaban J connectivity index is 1.57. The van der Waals surface area contributed by atoms with Gasteiger partial charge < -0.3 is 14.6 Å². The Morgan fingerprint density at radius 3 is 2.24 bits per heavy atom. The number of rotatable bonds is 5. The van der Waals surface area contributed by atoms with Crippen LogP contribution in [0.3, 0.4) is 0 Å². The van der Waals surface area contributed by atoms with Crippen molar-refractivity contribution >= 4 is 0 Å². The Bertz CT molecular complexity index is 545. The first kappa shape index (κ1) is 18.3. The van der Waals surface area contributed by atoms with Crippen LogP contribution in [-0.2, 0) is 6.54 Å². The lowest BCUT2D eigenvalue weighted by Crippen LogP contribution is -2.50. The standard InChI is InChI=1S/C20H32N2O3/c1-15-5-4-6-17(11-15)22-9-7-21(8-10-22)14-16-12-18(24-2)20(23)19(13-16)25-3/h12-13,15,17,23H,4-11,14H2,1-3H3/t15-,17-/m0/s1. The first-order valence-corrected chi connectivity index (χ1v) is 9.51. The van der Waals surface area contributed by atoms with Crippen LogP contribution in [0.1, 0.15) is 38.2 Å². The number of benzene rings is 1. The molecule has 2 atom stereocenters. The van der Waals surface area contributed by atoms with E-state index in [1.165, 1.54) is 25.7 Å². The van der Waals surface area contributed by atoms with Crippen LogP contribution in [0.2, 0.25) is 0 Å². The van der Waals surface area contributed by atoms with Gasteiger partial charge in [0, 0.05) is 38.8 Å². The van der Waals surface area contributed by atoms with Crippen LogP contribution in [0.4, 0.5) is 0 Å². The number of ether oxygens (including phenoxy) is 2. The smallest absolute Gasteiger partial charge is 0.200 e. The van der Waals surface area contributed by atoms with E-state index in [2.05, 4.69) is 16.7 Å². The maximum Gasteiger partial charge on any atom is 0.200 e. The molecule has 0 aromatic heterocycles. The van der Waals surface area contributed by atoms with E-state index in [1.807, 2.05) is 12.1 Å². The number of nitrogens with zero attached hydrogens (tertiary/aromatic N) is 2. The molecule has 25 heavy (non-hydrogen) atoms. The molecular formula is C20H32N2O3. The minimum Gasteiger partial charge on any atom is -0.502 e. The predicted molar refractivity (Wildman–Crippen MR) is 99.5 cm³/mol. The molecule has 1 saturated carbocycles. The molecule has 0 spiro atoms. The minimum atomic E-state index is 0.0741. The molecule has 1 aromatic rings. The van der Waals surface area contributed by atoms with E-state index in [9.17, 15) is 5.11 Å². The highest BCUT2D eigenvalue weighted by atomic mass is 16.5. The van der Waals surface area contributed by atoms with Crippen molar-refractivity contribution in [1.82, 2.24) is 9.80 Å². The highest BCUT2D eigenvalue weighted by Crippen LogP contribution is 2.37. The van der Waals surface area contributed by atoms with Gasteiger partial charge in [-0.1, -0.05) is 19.8 Å². The van der Waals surface area contributed by atoms with Crippen molar-refractivity contribution in [3.63, 3.8) is 0 Å². The summed E-state index contributed by atoms with van der Waals surface area (Å²) in [6.07, 6.45) is 5.53. The van der Waals surface area contributed by atoms with Gasteiger partial charge in [0.15, 0.2) is 11.5 Å². The molecule has 1 N–H and O–H groups in total. The Morgan fingerprint density at radius 1 is 1.04 bits per heavy atom. The van der Waals surface area contributed by atoms with Crippen LogP contribution in [0, 0.1) is 5.92 Å². The molecular weight excluding hydrogens is 316 g/mol. The van der Waals surface area contributed by atoms with Gasteiger partial charge in [0.1, 0.15) is 0 Å². The second-order valence-electron chi connectivity index (χ2n) is 7.59. The normalized spacial score (nSPS) is 25.7. The van der Waals surface area contributed by atoms with Gasteiger partial charge in [-0.25, -0.2) is 0 Å². The van der Waals surface area contributed by atoms with Crippen molar-refractivity contribution in [2.24, 2.45) is 5.92 Å². The lowest BCUT2D eigenvalue weighted by atomic mass is 9.86. The largest absolute Gasteiger partial charge is 0.502 e. The highest BCUT2D eigenvalue weighted by molar-refractivity contribution is 5.52. The Labute approximate surface area is 151 Å². The summed E-state index contributed by atoms with van der Waals surface area (Å²) >= 11 is 0. The Hall–Kier alpha value is -1.46. The first-order valence-electron chi connectivity index (χ1n) is 9.51. The summed E-state index contributed by atoms with van der Waals surface area (Å²) in [4.78, 5) is 5.18. The molecule has 0 radical (unpaired) electrons. The van der Waals surface area contributed by atoms with E-state index in [-0.39, 0.29) is 5.75 Å². The molecule has 1 saturated heterocycles. The van der Waals surface area contributed by atoms with E-state index in [1.54, 1.807) is 14.2 Å². The van der Waals surface area contributed by atoms with Gasteiger partial charge in [-0.2, -0.15) is 0 Å². The first-order chi connectivity index (χ1) is 12.1. The molecule has 1 aliphatic carbocycles. The van der Waals surface area contributed by atoms with Crippen molar-refractivity contribution in [3.05, 3.63) is 17.7 Å². The summed E-state index contributed by atoms with van der Waals surface area (Å²) in [7, 11) is 3.14. The van der Waals surface area contributed by atoms with Crippen LogP contribution in [-0.4, -0.2) is 61.3 Å². The van der Waals surface area contributed by atoms with Gasteiger partial charge in [-0.05, 0) is 36.5 Å². The quantitative estimate of drug-likeness (QED) is 0.886. The second-order valence-corrected chi connectivity index (χ2v) is 7.59. The van der Waals surface area contributed by atoms with Crippen LogP contribution in [0.25, 0.3) is 0 Å². The lowest BCUT2D eigenvalue weighted by molar-refractivity contribution is 0.0658. The van der Waals surface area contributed by atoms with E-state index in [4.69, 9.17) is 9.47 Å². The topological polar surface area (TPSA) is 45.2 Å². The number of phenols is 1. The third-order valence-corrected chi connectivity index (χ3v) is 5.78. The van der Waals surface area contributed by atoms with Crippen molar-refractivity contribution < 1.29 is 14.6 Å². The molecule has 140 valence electrons. The molecule has 5 nitrogen and oxygen atoms in total. The van der Waals surface area contributed by atoms with Gasteiger partial charge in [0.2, 0.25) is 5.75 Å². The summed E-state index contributed by atoms with van der Waals surface area (Å²) in [6, 6.07) is 4.61. The highest BCUT2D eigenvalue weighted by Gasteiger charge is 2.27. The van der Waals surface area contributed by atoms with Gasteiger partial charge in [0.25, 0.3) is 0 Å². The monoisotopic (exact) mass is 348 g/mol. The molecule has 1 aromatic carbocycles. The Kier molecular flexibility index (Phi) is 6.07. The number of hydrogen-bond donors (Lipinski definition) is 1.